The summed E-state index contributed by atoms with van der Waals surface area (Å²) in [6.45, 7) is 2.98. The van der Waals surface area contributed by atoms with Crippen LogP contribution in [-0.4, -0.2) is 17.4 Å². The number of carbonyl (C=O) groups is 1. The lowest BCUT2D eigenvalue weighted by Gasteiger charge is -2.09. The normalized spacial score (nSPS) is 9.73. The number of hydrogen-bond acceptors (Lipinski definition) is 3. The Labute approximate surface area is 87.3 Å². The van der Waals surface area contributed by atoms with Crippen LogP contribution in [0, 0.1) is 24.0 Å². The first kappa shape index (κ1) is 11.2. The fourth-order valence-corrected chi connectivity index (χ4v) is 1.31. The van der Waals surface area contributed by atoms with Crippen molar-refractivity contribution in [1.82, 2.24) is 0 Å². The van der Waals surface area contributed by atoms with Gasteiger partial charge in [0.25, 0.3) is 12.5 Å². The van der Waals surface area contributed by atoms with Gasteiger partial charge in [-0.2, -0.15) is 0 Å². The zero-order chi connectivity index (χ0) is 11.4. The van der Waals surface area contributed by atoms with Gasteiger partial charge in [-0.05, 0) is 25.0 Å². The van der Waals surface area contributed by atoms with E-state index in [2.05, 4.69) is 5.32 Å². The Balaban J connectivity index is 2.80. The molecule has 0 heterocycles. The Morgan fingerprint density at radius 2 is 1.93 bits per heavy atom. The van der Waals surface area contributed by atoms with Crippen LogP contribution in [0.25, 0.3) is 0 Å². The predicted molar refractivity (Wildman–Crippen MR) is 56.4 cm³/mol. The maximum absolute atomic E-state index is 11.2. The molecule has 0 aliphatic rings. The van der Waals surface area contributed by atoms with Crippen LogP contribution in [-0.2, 0) is 4.79 Å². The first-order chi connectivity index (χ1) is 7.00. The molecule has 0 spiro atoms. The Morgan fingerprint density at radius 3 is 2.40 bits per heavy atom. The van der Waals surface area contributed by atoms with Gasteiger partial charge in [-0.25, -0.2) is 0 Å². The number of nitrogens with zero attached hydrogens (tertiary/aromatic N) is 1. The molecule has 0 bridgehead atoms. The van der Waals surface area contributed by atoms with Crippen LogP contribution in [0.4, 0.5) is 5.69 Å². The molecule has 5 heteroatoms. The van der Waals surface area contributed by atoms with Crippen LogP contribution in [0.1, 0.15) is 11.1 Å². The highest BCUT2D eigenvalue weighted by molar-refractivity contribution is 5.93. The maximum atomic E-state index is 11.2. The van der Waals surface area contributed by atoms with Crippen molar-refractivity contribution in [2.45, 2.75) is 13.8 Å². The molecule has 1 N–H and O–H groups in total. The number of anilines is 1. The zero-order valence-corrected chi connectivity index (χ0v) is 8.61. The van der Waals surface area contributed by atoms with Gasteiger partial charge in [0.1, 0.15) is 0 Å². The molecule has 0 unspecified atom stereocenters. The van der Waals surface area contributed by atoms with Gasteiger partial charge >= 0.3 is 0 Å². The van der Waals surface area contributed by atoms with Crippen LogP contribution < -0.4 is 5.32 Å². The van der Waals surface area contributed by atoms with E-state index in [0.717, 1.165) is 11.1 Å². The number of nitro groups is 1. The predicted octanol–water partition coefficient (Wildman–Crippen LogP) is 1.52. The van der Waals surface area contributed by atoms with Gasteiger partial charge in [0.2, 0.25) is 0 Å². The van der Waals surface area contributed by atoms with Crippen molar-refractivity contribution in [1.29, 1.82) is 0 Å². The fraction of sp³-hybridized carbons (Fsp3) is 0.300. The third-order valence-electron chi connectivity index (χ3n) is 2.02. The quantitative estimate of drug-likeness (QED) is 0.604. The molecule has 1 amide bonds. The minimum Gasteiger partial charge on any atom is -0.320 e. The average Bonchev–Trinajstić information content (AvgIpc) is 2.10. The number of aryl methyl sites for hydroxylation is 2. The molecule has 1 aromatic rings. The van der Waals surface area contributed by atoms with E-state index >= 15 is 0 Å². The summed E-state index contributed by atoms with van der Waals surface area (Å²) in [5, 5.41) is 12.6. The van der Waals surface area contributed by atoms with Crippen molar-refractivity contribution >= 4 is 11.6 Å². The molecule has 0 aliphatic carbocycles. The summed E-state index contributed by atoms with van der Waals surface area (Å²) in [5.41, 5.74) is 2.45. The van der Waals surface area contributed by atoms with E-state index in [1.165, 1.54) is 0 Å². The van der Waals surface area contributed by atoms with E-state index < -0.39 is 17.4 Å². The first-order valence-corrected chi connectivity index (χ1v) is 4.48. The molecular weight excluding hydrogens is 196 g/mol. The van der Waals surface area contributed by atoms with Crippen molar-refractivity contribution in [3.05, 3.63) is 39.4 Å². The summed E-state index contributed by atoms with van der Waals surface area (Å²) in [6, 6.07) is 5.55. The van der Waals surface area contributed by atoms with E-state index in [4.69, 9.17) is 0 Å². The zero-order valence-electron chi connectivity index (χ0n) is 8.61. The summed E-state index contributed by atoms with van der Waals surface area (Å²) in [7, 11) is 0. The highest BCUT2D eigenvalue weighted by Gasteiger charge is 2.11. The molecule has 0 saturated heterocycles. The van der Waals surface area contributed by atoms with Crippen LogP contribution >= 0.6 is 0 Å². The Morgan fingerprint density at radius 1 is 1.40 bits per heavy atom. The lowest BCUT2D eigenvalue weighted by Crippen LogP contribution is -2.22. The van der Waals surface area contributed by atoms with E-state index in [1.807, 2.05) is 32.0 Å². The van der Waals surface area contributed by atoms with Crippen LogP contribution in [0.2, 0.25) is 0 Å². The van der Waals surface area contributed by atoms with Crippen LogP contribution in [0.5, 0.6) is 0 Å². The van der Waals surface area contributed by atoms with Crippen molar-refractivity contribution in [3.8, 4) is 0 Å². The highest BCUT2D eigenvalue weighted by atomic mass is 16.6. The fourth-order valence-electron chi connectivity index (χ4n) is 1.31. The van der Waals surface area contributed by atoms with Gasteiger partial charge in [-0.3, -0.25) is 14.9 Å². The Hall–Kier alpha value is -1.91. The molecule has 1 aromatic carbocycles. The second-order valence-electron chi connectivity index (χ2n) is 3.31. The van der Waals surface area contributed by atoms with Gasteiger partial charge in [0, 0.05) is 10.6 Å². The minimum absolute atomic E-state index is 0.600. The molecule has 0 radical (unpaired) electrons. The van der Waals surface area contributed by atoms with Gasteiger partial charge in [0.15, 0.2) is 0 Å². The van der Waals surface area contributed by atoms with Crippen molar-refractivity contribution < 1.29 is 9.72 Å². The molecule has 5 nitrogen and oxygen atoms in total. The molecule has 0 atom stereocenters. The molecule has 0 saturated carbocycles. The summed E-state index contributed by atoms with van der Waals surface area (Å²) >= 11 is 0. The van der Waals surface area contributed by atoms with Gasteiger partial charge < -0.3 is 5.32 Å². The number of benzene rings is 1. The number of carbonyl (C=O) groups excluding carboxylic acids is 1. The summed E-state index contributed by atoms with van der Waals surface area (Å²) in [4.78, 5) is 20.6. The topological polar surface area (TPSA) is 72.2 Å². The summed E-state index contributed by atoms with van der Waals surface area (Å²) in [6.07, 6.45) is 0. The third kappa shape index (κ3) is 3.05. The molecule has 1 rings (SSSR count). The maximum Gasteiger partial charge on any atom is 0.296 e. The highest BCUT2D eigenvalue weighted by Crippen LogP contribution is 2.18. The van der Waals surface area contributed by atoms with E-state index in [1.54, 1.807) is 0 Å². The number of para-hydroxylation sites is 1. The van der Waals surface area contributed by atoms with Gasteiger partial charge in [-0.15, -0.1) is 0 Å². The second kappa shape index (κ2) is 4.54. The number of rotatable bonds is 3. The van der Waals surface area contributed by atoms with E-state index in [0.29, 0.717) is 5.69 Å². The largest absolute Gasteiger partial charge is 0.320 e. The van der Waals surface area contributed by atoms with E-state index in [9.17, 15) is 14.9 Å². The standard InChI is InChI=1S/C10H12N2O3/c1-7-4-3-5-8(2)10(7)11-9(13)6-12(14)15/h3-5H,6H2,1-2H3,(H,11,13). The molecule has 15 heavy (non-hydrogen) atoms. The summed E-state index contributed by atoms with van der Waals surface area (Å²) < 4.78 is 0. The monoisotopic (exact) mass is 208 g/mol. The van der Waals surface area contributed by atoms with E-state index in [-0.39, 0.29) is 0 Å². The van der Waals surface area contributed by atoms with Crippen LogP contribution in [0.15, 0.2) is 18.2 Å². The molecule has 0 fully saturated rings. The SMILES string of the molecule is Cc1cccc(C)c1NC(=O)C[N+](=O)[O-]. The second-order valence-corrected chi connectivity index (χ2v) is 3.31. The molecule has 0 aliphatic heterocycles. The molecular formula is C10H12N2O3. The van der Waals surface area contributed by atoms with Crippen molar-refractivity contribution in [2.24, 2.45) is 0 Å². The van der Waals surface area contributed by atoms with Crippen molar-refractivity contribution in [3.63, 3.8) is 0 Å². The lowest BCUT2D eigenvalue weighted by molar-refractivity contribution is -0.467. The lowest BCUT2D eigenvalue weighted by atomic mass is 10.1. The van der Waals surface area contributed by atoms with Gasteiger partial charge in [-0.1, -0.05) is 18.2 Å². The van der Waals surface area contributed by atoms with Crippen molar-refractivity contribution in [2.75, 3.05) is 11.9 Å². The number of amides is 1. The Bertz CT molecular complexity index is 381. The third-order valence-corrected chi connectivity index (χ3v) is 2.02. The molecule has 80 valence electrons. The minimum atomic E-state index is -0.701. The van der Waals surface area contributed by atoms with Crippen LogP contribution in [0.3, 0.4) is 0 Å². The molecule has 0 aromatic heterocycles. The Kier molecular flexibility index (Phi) is 3.38. The van der Waals surface area contributed by atoms with Gasteiger partial charge in [0.05, 0.1) is 0 Å². The number of nitrogens with one attached hydrogen (secondary N) is 1. The number of hydrogen-bond donors (Lipinski definition) is 1. The first-order valence-electron chi connectivity index (χ1n) is 4.48. The smallest absolute Gasteiger partial charge is 0.296 e. The summed E-state index contributed by atoms with van der Waals surface area (Å²) in [5.74, 6) is -0.600. The average molecular weight is 208 g/mol.